The average molecular weight is 411 g/mol. The topological polar surface area (TPSA) is 82.7 Å². The monoisotopic (exact) mass is 410 g/mol. The van der Waals surface area contributed by atoms with Gasteiger partial charge in [-0.3, -0.25) is 9.69 Å². The van der Waals surface area contributed by atoms with Crippen LogP contribution in [0.1, 0.15) is 35.8 Å². The van der Waals surface area contributed by atoms with Gasteiger partial charge in [-0.15, -0.1) is 0 Å². The molecule has 0 bridgehead atoms. The number of urea groups is 1. The summed E-state index contributed by atoms with van der Waals surface area (Å²) in [6.45, 7) is 7.34. The van der Waals surface area contributed by atoms with Gasteiger partial charge in [0.1, 0.15) is 0 Å². The maximum atomic E-state index is 12.8. The van der Waals surface area contributed by atoms with Crippen LogP contribution >= 0.6 is 0 Å². The first kappa shape index (κ1) is 21.8. The van der Waals surface area contributed by atoms with Crippen LogP contribution in [0.3, 0.4) is 0 Å². The van der Waals surface area contributed by atoms with Gasteiger partial charge in [0.05, 0.1) is 19.3 Å². The predicted molar refractivity (Wildman–Crippen MR) is 118 cm³/mol. The molecule has 3 N–H and O–H groups in total. The van der Waals surface area contributed by atoms with E-state index in [9.17, 15) is 9.59 Å². The van der Waals surface area contributed by atoms with Gasteiger partial charge in [0, 0.05) is 36.9 Å². The first-order valence-electron chi connectivity index (χ1n) is 10.4. The summed E-state index contributed by atoms with van der Waals surface area (Å²) >= 11 is 0. The van der Waals surface area contributed by atoms with Crippen molar-refractivity contribution >= 4 is 17.6 Å². The van der Waals surface area contributed by atoms with Crippen LogP contribution in [0.25, 0.3) is 0 Å². The van der Waals surface area contributed by atoms with Crippen LogP contribution in [0.4, 0.5) is 10.5 Å². The van der Waals surface area contributed by atoms with E-state index in [1.165, 1.54) is 5.56 Å². The third-order valence-electron chi connectivity index (χ3n) is 4.93. The van der Waals surface area contributed by atoms with Gasteiger partial charge in [0.15, 0.2) is 0 Å². The molecule has 0 aliphatic carbocycles. The number of nitrogens with one attached hydrogen (secondary N) is 3. The van der Waals surface area contributed by atoms with Crippen molar-refractivity contribution in [2.45, 2.75) is 25.9 Å². The predicted octanol–water partition coefficient (Wildman–Crippen LogP) is 3.02. The fourth-order valence-corrected chi connectivity index (χ4v) is 3.48. The van der Waals surface area contributed by atoms with E-state index >= 15 is 0 Å². The minimum Gasteiger partial charge on any atom is -0.379 e. The molecule has 7 nitrogen and oxygen atoms in total. The summed E-state index contributed by atoms with van der Waals surface area (Å²) in [7, 11) is 0. The molecule has 1 fully saturated rings. The molecule has 2 aromatic rings. The van der Waals surface area contributed by atoms with E-state index in [1.807, 2.05) is 32.0 Å². The summed E-state index contributed by atoms with van der Waals surface area (Å²) in [5, 5.41) is 8.58. The Hall–Kier alpha value is -2.90. The quantitative estimate of drug-likeness (QED) is 0.655. The smallest absolute Gasteiger partial charge is 0.319 e. The first-order valence-corrected chi connectivity index (χ1v) is 10.4. The largest absolute Gasteiger partial charge is 0.379 e. The first-order chi connectivity index (χ1) is 14.5. The van der Waals surface area contributed by atoms with E-state index in [0.717, 1.165) is 13.1 Å². The molecule has 2 aromatic carbocycles. The highest BCUT2D eigenvalue weighted by molar-refractivity contribution is 5.96. The molecule has 1 heterocycles. The Labute approximate surface area is 177 Å². The van der Waals surface area contributed by atoms with Crippen molar-refractivity contribution in [3.63, 3.8) is 0 Å². The Morgan fingerprint density at radius 2 is 1.77 bits per heavy atom. The van der Waals surface area contributed by atoms with Crippen LogP contribution in [0.5, 0.6) is 0 Å². The van der Waals surface area contributed by atoms with Crippen molar-refractivity contribution in [1.82, 2.24) is 15.5 Å². The number of ether oxygens (including phenoxy) is 1. The lowest BCUT2D eigenvalue weighted by Crippen LogP contribution is -2.43. The zero-order valence-corrected chi connectivity index (χ0v) is 17.6. The number of morpholine rings is 1. The van der Waals surface area contributed by atoms with Crippen molar-refractivity contribution < 1.29 is 14.3 Å². The Morgan fingerprint density at radius 1 is 1.03 bits per heavy atom. The summed E-state index contributed by atoms with van der Waals surface area (Å²) in [5.74, 6) is -0.169. The van der Waals surface area contributed by atoms with Gasteiger partial charge in [0.25, 0.3) is 5.91 Å². The highest BCUT2D eigenvalue weighted by atomic mass is 16.5. The summed E-state index contributed by atoms with van der Waals surface area (Å²) in [6, 6.07) is 17.0. The number of carbonyl (C=O) groups excluding carboxylic acids is 2. The number of hydrogen-bond donors (Lipinski definition) is 3. The number of anilines is 1. The van der Waals surface area contributed by atoms with Gasteiger partial charge >= 0.3 is 6.03 Å². The summed E-state index contributed by atoms with van der Waals surface area (Å²) in [4.78, 5) is 27.0. The molecule has 1 unspecified atom stereocenters. The molecule has 160 valence electrons. The number of carbonyl (C=O) groups is 2. The maximum Gasteiger partial charge on any atom is 0.319 e. The van der Waals surface area contributed by atoms with E-state index < -0.39 is 0 Å². The molecule has 1 aliphatic rings. The zero-order valence-electron chi connectivity index (χ0n) is 17.6. The summed E-state index contributed by atoms with van der Waals surface area (Å²) < 4.78 is 5.48. The van der Waals surface area contributed by atoms with E-state index in [0.29, 0.717) is 31.0 Å². The lowest BCUT2D eigenvalue weighted by molar-refractivity contribution is 0.0162. The molecule has 1 saturated heterocycles. The Kier molecular flexibility index (Phi) is 7.82. The van der Waals surface area contributed by atoms with Crippen LogP contribution in [0, 0.1) is 0 Å². The van der Waals surface area contributed by atoms with Crippen molar-refractivity contribution in [3.05, 3.63) is 65.7 Å². The Morgan fingerprint density at radius 3 is 2.47 bits per heavy atom. The number of amides is 3. The number of nitrogens with zero attached hydrogens (tertiary/aromatic N) is 1. The number of hydrogen-bond acceptors (Lipinski definition) is 4. The van der Waals surface area contributed by atoms with E-state index in [2.05, 4.69) is 33.0 Å². The minimum absolute atomic E-state index is 0.0339. The van der Waals surface area contributed by atoms with E-state index in [-0.39, 0.29) is 24.0 Å². The van der Waals surface area contributed by atoms with Crippen molar-refractivity contribution in [2.24, 2.45) is 0 Å². The van der Waals surface area contributed by atoms with Gasteiger partial charge in [-0.05, 0) is 37.6 Å². The molecule has 1 atom stereocenters. The second kappa shape index (κ2) is 10.8. The second-order valence-corrected chi connectivity index (χ2v) is 7.62. The lowest BCUT2D eigenvalue weighted by Gasteiger charge is -2.35. The van der Waals surface area contributed by atoms with Gasteiger partial charge in [-0.25, -0.2) is 4.79 Å². The summed E-state index contributed by atoms with van der Waals surface area (Å²) in [6.07, 6.45) is 0. The fourth-order valence-electron chi connectivity index (χ4n) is 3.48. The van der Waals surface area contributed by atoms with Gasteiger partial charge in [0.2, 0.25) is 0 Å². The SMILES string of the molecule is CC(C)NC(=O)Nc1cccc(C(=O)NCC(c2ccccc2)N2CCOCC2)c1. The minimum atomic E-state index is -0.293. The highest BCUT2D eigenvalue weighted by Crippen LogP contribution is 2.21. The van der Waals surface area contributed by atoms with Crippen LogP contribution in [0.2, 0.25) is 0 Å². The third-order valence-corrected chi connectivity index (χ3v) is 4.93. The van der Waals surface area contributed by atoms with Crippen molar-refractivity contribution in [1.29, 1.82) is 0 Å². The second-order valence-electron chi connectivity index (χ2n) is 7.62. The molecule has 3 rings (SSSR count). The molecule has 0 saturated carbocycles. The molecule has 30 heavy (non-hydrogen) atoms. The van der Waals surface area contributed by atoms with E-state index in [4.69, 9.17) is 4.74 Å². The van der Waals surface area contributed by atoms with Gasteiger partial charge < -0.3 is 20.7 Å². The average Bonchev–Trinajstić information content (AvgIpc) is 2.75. The lowest BCUT2D eigenvalue weighted by atomic mass is 10.0. The molecule has 7 heteroatoms. The third kappa shape index (κ3) is 6.30. The molecule has 1 aliphatic heterocycles. The fraction of sp³-hybridized carbons (Fsp3) is 0.391. The Bertz CT molecular complexity index is 835. The van der Waals surface area contributed by atoms with Gasteiger partial charge in [-0.1, -0.05) is 36.4 Å². The maximum absolute atomic E-state index is 12.8. The molecular formula is C23H30N4O3. The Balaban J connectivity index is 1.65. The molecular weight excluding hydrogens is 380 g/mol. The number of rotatable bonds is 7. The molecule has 3 amide bonds. The molecule has 0 aromatic heterocycles. The standard InChI is InChI=1S/C23H30N4O3/c1-17(2)25-23(29)26-20-10-6-9-19(15-20)22(28)24-16-21(18-7-4-3-5-8-18)27-11-13-30-14-12-27/h3-10,15,17,21H,11-14,16H2,1-2H3,(H,24,28)(H2,25,26,29). The zero-order chi connectivity index (χ0) is 21.3. The number of benzene rings is 2. The van der Waals surface area contributed by atoms with Crippen LogP contribution in [0.15, 0.2) is 54.6 Å². The van der Waals surface area contributed by atoms with Crippen LogP contribution < -0.4 is 16.0 Å². The highest BCUT2D eigenvalue weighted by Gasteiger charge is 2.23. The molecule has 0 spiro atoms. The van der Waals surface area contributed by atoms with Crippen LogP contribution in [-0.2, 0) is 4.74 Å². The van der Waals surface area contributed by atoms with Crippen molar-refractivity contribution in [3.8, 4) is 0 Å². The summed E-state index contributed by atoms with van der Waals surface area (Å²) in [5.41, 5.74) is 2.25. The molecule has 0 radical (unpaired) electrons. The van der Waals surface area contributed by atoms with Gasteiger partial charge in [-0.2, -0.15) is 0 Å². The van der Waals surface area contributed by atoms with E-state index in [1.54, 1.807) is 24.3 Å². The normalized spacial score (nSPS) is 15.4. The van der Waals surface area contributed by atoms with Crippen molar-refractivity contribution in [2.75, 3.05) is 38.2 Å². The van der Waals surface area contributed by atoms with Crippen LogP contribution in [-0.4, -0.2) is 55.7 Å².